The summed E-state index contributed by atoms with van der Waals surface area (Å²) in [6.45, 7) is 5.66. The van der Waals surface area contributed by atoms with Crippen LogP contribution in [-0.4, -0.2) is 11.1 Å². The number of hydrogen-bond acceptors (Lipinski definition) is 4. The Hall–Kier alpha value is -2.30. The molecule has 0 aliphatic carbocycles. The van der Waals surface area contributed by atoms with Crippen LogP contribution in [0.25, 0.3) is 0 Å². The summed E-state index contributed by atoms with van der Waals surface area (Å²) in [7, 11) is 0. The van der Waals surface area contributed by atoms with E-state index in [1.165, 1.54) is 6.07 Å². The van der Waals surface area contributed by atoms with E-state index in [2.05, 4.69) is 10.3 Å². The van der Waals surface area contributed by atoms with E-state index in [9.17, 15) is 4.39 Å². The minimum Gasteiger partial charge on any atom is -0.488 e. The van der Waals surface area contributed by atoms with Gasteiger partial charge >= 0.3 is 0 Å². The van der Waals surface area contributed by atoms with Crippen LogP contribution in [0.1, 0.15) is 32.5 Å². The predicted octanol–water partition coefficient (Wildman–Crippen LogP) is 3.76. The zero-order valence-electron chi connectivity index (χ0n) is 12.4. The number of halogens is 1. The van der Waals surface area contributed by atoms with E-state index in [4.69, 9.17) is 10.5 Å². The first-order valence-electron chi connectivity index (χ1n) is 6.90. The van der Waals surface area contributed by atoms with Gasteiger partial charge in [-0.15, -0.1) is 0 Å². The monoisotopic (exact) mass is 289 g/mol. The number of nitrogen functional groups attached to an aromatic ring is 1. The summed E-state index contributed by atoms with van der Waals surface area (Å²) < 4.78 is 19.2. The molecular weight excluding hydrogens is 269 g/mol. The van der Waals surface area contributed by atoms with Crippen molar-refractivity contribution in [3.8, 4) is 5.75 Å². The van der Waals surface area contributed by atoms with Crippen LogP contribution in [0.5, 0.6) is 5.75 Å². The Bertz CT molecular complexity index is 602. The van der Waals surface area contributed by atoms with Crippen LogP contribution in [0.15, 0.2) is 36.5 Å². The molecule has 1 atom stereocenters. The highest BCUT2D eigenvalue weighted by Crippen LogP contribution is 2.31. The van der Waals surface area contributed by atoms with Crippen LogP contribution in [0, 0.1) is 5.82 Å². The van der Waals surface area contributed by atoms with E-state index >= 15 is 0 Å². The van der Waals surface area contributed by atoms with Crippen LogP contribution in [0.3, 0.4) is 0 Å². The topological polar surface area (TPSA) is 60.2 Å². The summed E-state index contributed by atoms with van der Waals surface area (Å²) in [5, 5.41) is 3.23. The van der Waals surface area contributed by atoms with Gasteiger partial charge in [-0.1, -0.05) is 6.07 Å². The third-order valence-electron chi connectivity index (χ3n) is 2.97. The van der Waals surface area contributed by atoms with E-state index in [-0.39, 0.29) is 17.9 Å². The molecule has 5 heteroatoms. The second-order valence-electron chi connectivity index (χ2n) is 5.16. The number of nitrogens with one attached hydrogen (secondary N) is 1. The van der Waals surface area contributed by atoms with Crippen molar-refractivity contribution in [1.82, 2.24) is 4.98 Å². The number of benzene rings is 1. The highest BCUT2D eigenvalue weighted by Gasteiger charge is 2.13. The standard InChI is InChI=1S/C16H20FN3O/c1-10(2)21-16-9-15(13(18)8-12(16)17)20-11(3)14-6-4-5-7-19-14/h4-11,20H,18H2,1-3H3. The number of anilines is 2. The Morgan fingerprint density at radius 1 is 1.24 bits per heavy atom. The first kappa shape index (κ1) is 15.1. The maximum absolute atomic E-state index is 13.8. The summed E-state index contributed by atoms with van der Waals surface area (Å²) in [6, 6.07) is 8.50. The molecule has 0 radical (unpaired) electrons. The third kappa shape index (κ3) is 3.84. The Balaban J connectivity index is 2.23. The van der Waals surface area contributed by atoms with Crippen molar-refractivity contribution in [2.45, 2.75) is 32.9 Å². The molecule has 0 aliphatic heterocycles. The maximum atomic E-state index is 13.8. The van der Waals surface area contributed by atoms with E-state index in [0.29, 0.717) is 11.4 Å². The van der Waals surface area contributed by atoms with Crippen molar-refractivity contribution in [3.63, 3.8) is 0 Å². The molecule has 1 unspecified atom stereocenters. The van der Waals surface area contributed by atoms with E-state index < -0.39 is 5.82 Å². The van der Waals surface area contributed by atoms with Gasteiger partial charge in [0.05, 0.1) is 29.2 Å². The summed E-state index contributed by atoms with van der Waals surface area (Å²) in [6.07, 6.45) is 1.62. The average molecular weight is 289 g/mol. The van der Waals surface area contributed by atoms with Gasteiger partial charge in [-0.05, 0) is 32.9 Å². The van der Waals surface area contributed by atoms with Crippen LogP contribution < -0.4 is 15.8 Å². The second kappa shape index (κ2) is 6.43. The molecule has 0 spiro atoms. The number of pyridine rings is 1. The Morgan fingerprint density at radius 2 is 2.00 bits per heavy atom. The molecule has 1 aromatic carbocycles. The van der Waals surface area contributed by atoms with Crippen molar-refractivity contribution < 1.29 is 9.13 Å². The first-order valence-corrected chi connectivity index (χ1v) is 6.90. The molecule has 0 saturated heterocycles. The SMILES string of the molecule is CC(C)Oc1cc(NC(C)c2ccccn2)c(N)cc1F. The zero-order valence-corrected chi connectivity index (χ0v) is 12.4. The molecule has 0 bridgehead atoms. The number of ether oxygens (including phenoxy) is 1. The molecule has 2 aromatic rings. The average Bonchev–Trinajstić information content (AvgIpc) is 2.44. The van der Waals surface area contributed by atoms with Gasteiger partial charge in [-0.25, -0.2) is 4.39 Å². The largest absolute Gasteiger partial charge is 0.488 e. The van der Waals surface area contributed by atoms with Gasteiger partial charge in [0.25, 0.3) is 0 Å². The fourth-order valence-electron chi connectivity index (χ4n) is 1.98. The quantitative estimate of drug-likeness (QED) is 0.823. The summed E-state index contributed by atoms with van der Waals surface area (Å²) >= 11 is 0. The number of rotatable bonds is 5. The number of hydrogen-bond donors (Lipinski definition) is 2. The van der Waals surface area contributed by atoms with Crippen LogP contribution in [0.2, 0.25) is 0 Å². The number of aromatic nitrogens is 1. The Morgan fingerprint density at radius 3 is 2.62 bits per heavy atom. The zero-order chi connectivity index (χ0) is 15.4. The molecule has 0 fully saturated rings. The minimum atomic E-state index is -0.461. The normalized spacial score (nSPS) is 12.2. The molecule has 21 heavy (non-hydrogen) atoms. The van der Waals surface area contributed by atoms with E-state index in [0.717, 1.165) is 5.69 Å². The van der Waals surface area contributed by atoms with Gasteiger partial charge in [-0.2, -0.15) is 0 Å². The molecule has 4 nitrogen and oxygen atoms in total. The summed E-state index contributed by atoms with van der Waals surface area (Å²) in [5.74, 6) is -0.271. The third-order valence-corrected chi connectivity index (χ3v) is 2.97. The molecular formula is C16H20FN3O. The van der Waals surface area contributed by atoms with Crippen LogP contribution in [-0.2, 0) is 0 Å². The lowest BCUT2D eigenvalue weighted by atomic mass is 10.1. The van der Waals surface area contributed by atoms with Gasteiger partial charge in [-0.3, -0.25) is 4.98 Å². The molecule has 1 heterocycles. The number of nitrogens with two attached hydrogens (primary N) is 1. The van der Waals surface area contributed by atoms with Crippen molar-refractivity contribution in [2.24, 2.45) is 0 Å². The second-order valence-corrected chi connectivity index (χ2v) is 5.16. The van der Waals surface area contributed by atoms with Crippen LogP contribution >= 0.6 is 0 Å². The van der Waals surface area contributed by atoms with Crippen molar-refractivity contribution >= 4 is 11.4 Å². The fourth-order valence-corrected chi connectivity index (χ4v) is 1.98. The maximum Gasteiger partial charge on any atom is 0.167 e. The van der Waals surface area contributed by atoms with Gasteiger partial charge in [0.15, 0.2) is 11.6 Å². The minimum absolute atomic E-state index is 0.0501. The molecule has 112 valence electrons. The van der Waals surface area contributed by atoms with Crippen molar-refractivity contribution in [2.75, 3.05) is 11.1 Å². The lowest BCUT2D eigenvalue weighted by molar-refractivity contribution is 0.231. The lowest BCUT2D eigenvalue weighted by Crippen LogP contribution is -2.12. The smallest absolute Gasteiger partial charge is 0.167 e. The van der Waals surface area contributed by atoms with E-state index in [1.807, 2.05) is 39.0 Å². The van der Waals surface area contributed by atoms with Gasteiger partial charge in [0.2, 0.25) is 0 Å². The highest BCUT2D eigenvalue weighted by molar-refractivity contribution is 5.69. The Kier molecular flexibility index (Phi) is 4.62. The van der Waals surface area contributed by atoms with Gasteiger partial charge in [0, 0.05) is 18.3 Å². The molecule has 3 N–H and O–H groups in total. The molecule has 0 aliphatic rings. The van der Waals surface area contributed by atoms with Gasteiger partial charge in [0.1, 0.15) is 0 Å². The van der Waals surface area contributed by atoms with Crippen molar-refractivity contribution in [1.29, 1.82) is 0 Å². The van der Waals surface area contributed by atoms with Crippen molar-refractivity contribution in [3.05, 3.63) is 48.0 Å². The predicted molar refractivity (Wildman–Crippen MR) is 82.9 cm³/mol. The molecule has 1 aromatic heterocycles. The Labute approximate surface area is 124 Å². The molecule has 2 rings (SSSR count). The lowest BCUT2D eigenvalue weighted by Gasteiger charge is -2.18. The summed E-state index contributed by atoms with van der Waals surface area (Å²) in [5.41, 5.74) is 7.72. The fraction of sp³-hybridized carbons (Fsp3) is 0.312. The highest BCUT2D eigenvalue weighted by atomic mass is 19.1. The van der Waals surface area contributed by atoms with Gasteiger partial charge < -0.3 is 15.8 Å². The summed E-state index contributed by atoms with van der Waals surface area (Å²) in [4.78, 5) is 4.28. The van der Waals surface area contributed by atoms with Crippen LogP contribution in [0.4, 0.5) is 15.8 Å². The van der Waals surface area contributed by atoms with E-state index in [1.54, 1.807) is 12.3 Å². The molecule has 0 saturated carbocycles. The molecule has 0 amide bonds. The first-order chi connectivity index (χ1) is 9.97. The number of nitrogens with zero attached hydrogens (tertiary/aromatic N) is 1.